The number of para-hydroxylation sites is 2. The SMILES string of the molecule is CCc1nccn1CCNC(=O)N1CCCC(Cc2nc3ccccc3[nH]2)C1. The Hall–Kier alpha value is -2.83. The number of benzene rings is 1. The Bertz CT molecular complexity index is 897. The van der Waals surface area contributed by atoms with Crippen molar-refractivity contribution in [1.82, 2.24) is 29.7 Å². The lowest BCUT2D eigenvalue weighted by Crippen LogP contribution is -2.46. The van der Waals surface area contributed by atoms with Crippen LogP contribution in [0.5, 0.6) is 0 Å². The molecule has 0 spiro atoms. The summed E-state index contributed by atoms with van der Waals surface area (Å²) in [6.07, 6.45) is 7.74. The first-order valence-electron chi connectivity index (χ1n) is 10.2. The van der Waals surface area contributed by atoms with Crippen LogP contribution in [0.3, 0.4) is 0 Å². The normalized spacial score (nSPS) is 17.2. The molecule has 0 bridgehead atoms. The van der Waals surface area contributed by atoms with Crippen LogP contribution in [0.2, 0.25) is 0 Å². The second-order valence-corrected chi connectivity index (χ2v) is 7.48. The van der Waals surface area contributed by atoms with Gasteiger partial charge in [-0.2, -0.15) is 0 Å². The van der Waals surface area contributed by atoms with Crippen LogP contribution in [0.25, 0.3) is 11.0 Å². The Balaban J connectivity index is 1.28. The third-order valence-electron chi connectivity index (χ3n) is 5.47. The largest absolute Gasteiger partial charge is 0.342 e. The van der Waals surface area contributed by atoms with E-state index in [-0.39, 0.29) is 6.03 Å². The van der Waals surface area contributed by atoms with E-state index in [1.807, 2.05) is 35.5 Å². The number of aromatic amines is 1. The van der Waals surface area contributed by atoms with E-state index >= 15 is 0 Å². The number of carbonyl (C=O) groups is 1. The van der Waals surface area contributed by atoms with Gasteiger partial charge in [0.05, 0.1) is 11.0 Å². The summed E-state index contributed by atoms with van der Waals surface area (Å²) in [6, 6.07) is 8.14. The predicted molar refractivity (Wildman–Crippen MR) is 109 cm³/mol. The molecule has 1 unspecified atom stereocenters. The zero-order chi connectivity index (χ0) is 19.3. The highest BCUT2D eigenvalue weighted by Crippen LogP contribution is 2.21. The quantitative estimate of drug-likeness (QED) is 0.690. The number of piperidine rings is 1. The number of H-pyrrole nitrogens is 1. The van der Waals surface area contributed by atoms with Gasteiger partial charge in [0.25, 0.3) is 0 Å². The molecule has 1 atom stereocenters. The fraction of sp³-hybridized carbons (Fsp3) is 0.476. The zero-order valence-electron chi connectivity index (χ0n) is 16.4. The highest BCUT2D eigenvalue weighted by molar-refractivity contribution is 5.75. The molecule has 1 saturated heterocycles. The maximum Gasteiger partial charge on any atom is 0.317 e. The van der Waals surface area contributed by atoms with E-state index in [0.717, 1.165) is 68.0 Å². The van der Waals surface area contributed by atoms with Crippen molar-refractivity contribution in [3.8, 4) is 0 Å². The number of urea groups is 1. The summed E-state index contributed by atoms with van der Waals surface area (Å²) in [4.78, 5) is 27.0. The number of nitrogens with zero attached hydrogens (tertiary/aromatic N) is 4. The number of imidazole rings is 2. The maximum absolute atomic E-state index is 12.6. The van der Waals surface area contributed by atoms with Gasteiger partial charge < -0.3 is 19.8 Å². The molecule has 4 rings (SSSR count). The van der Waals surface area contributed by atoms with Crippen molar-refractivity contribution in [3.05, 3.63) is 48.3 Å². The molecule has 1 aliphatic rings. The Morgan fingerprint density at radius 1 is 1.36 bits per heavy atom. The minimum Gasteiger partial charge on any atom is -0.342 e. The summed E-state index contributed by atoms with van der Waals surface area (Å²) in [7, 11) is 0. The van der Waals surface area contributed by atoms with Crippen LogP contribution in [0.15, 0.2) is 36.7 Å². The molecule has 1 aromatic carbocycles. The van der Waals surface area contributed by atoms with Crippen LogP contribution in [0.1, 0.15) is 31.4 Å². The fourth-order valence-electron chi connectivity index (χ4n) is 4.04. The summed E-state index contributed by atoms with van der Waals surface area (Å²) in [5.41, 5.74) is 2.09. The molecule has 28 heavy (non-hydrogen) atoms. The molecule has 0 saturated carbocycles. The second kappa shape index (κ2) is 8.46. The number of nitrogens with one attached hydrogen (secondary N) is 2. The van der Waals surface area contributed by atoms with Gasteiger partial charge in [0.15, 0.2) is 0 Å². The molecule has 1 aliphatic heterocycles. The van der Waals surface area contributed by atoms with E-state index in [4.69, 9.17) is 0 Å². The van der Waals surface area contributed by atoms with Crippen molar-refractivity contribution in [2.75, 3.05) is 19.6 Å². The molecule has 1 fully saturated rings. The number of hydrogen-bond donors (Lipinski definition) is 2. The van der Waals surface area contributed by atoms with Gasteiger partial charge in [-0.25, -0.2) is 14.8 Å². The summed E-state index contributed by atoms with van der Waals surface area (Å²) in [5.74, 6) is 2.51. The third kappa shape index (κ3) is 4.18. The van der Waals surface area contributed by atoms with Gasteiger partial charge in [0, 0.05) is 51.4 Å². The van der Waals surface area contributed by atoms with Crippen LogP contribution in [-0.2, 0) is 19.4 Å². The number of fused-ring (bicyclic) bond motifs is 1. The average Bonchev–Trinajstić information content (AvgIpc) is 3.33. The van der Waals surface area contributed by atoms with E-state index in [2.05, 4.69) is 37.8 Å². The Morgan fingerprint density at radius 2 is 2.25 bits per heavy atom. The maximum atomic E-state index is 12.6. The molecule has 7 nitrogen and oxygen atoms in total. The summed E-state index contributed by atoms with van der Waals surface area (Å²) in [5, 5.41) is 3.06. The van der Waals surface area contributed by atoms with Crippen molar-refractivity contribution in [2.45, 2.75) is 39.2 Å². The number of aromatic nitrogens is 4. The smallest absolute Gasteiger partial charge is 0.317 e. The van der Waals surface area contributed by atoms with Crippen molar-refractivity contribution >= 4 is 17.1 Å². The van der Waals surface area contributed by atoms with E-state index in [1.165, 1.54) is 0 Å². The lowest BCUT2D eigenvalue weighted by atomic mass is 9.95. The van der Waals surface area contributed by atoms with Crippen molar-refractivity contribution in [1.29, 1.82) is 0 Å². The van der Waals surface area contributed by atoms with E-state index in [1.54, 1.807) is 0 Å². The summed E-state index contributed by atoms with van der Waals surface area (Å²) >= 11 is 0. The van der Waals surface area contributed by atoms with Crippen LogP contribution in [-0.4, -0.2) is 50.1 Å². The van der Waals surface area contributed by atoms with Crippen LogP contribution in [0, 0.1) is 5.92 Å². The fourth-order valence-corrected chi connectivity index (χ4v) is 4.04. The Kier molecular flexibility index (Phi) is 5.60. The third-order valence-corrected chi connectivity index (χ3v) is 5.47. The van der Waals surface area contributed by atoms with Crippen LogP contribution < -0.4 is 5.32 Å². The van der Waals surface area contributed by atoms with Gasteiger partial charge in [0.1, 0.15) is 11.6 Å². The molecule has 3 aromatic rings. The number of likely N-dealkylation sites (tertiary alicyclic amines) is 1. The first-order chi connectivity index (χ1) is 13.7. The lowest BCUT2D eigenvalue weighted by Gasteiger charge is -2.32. The molecule has 7 heteroatoms. The molecule has 2 aromatic heterocycles. The van der Waals surface area contributed by atoms with Gasteiger partial charge in [-0.05, 0) is 30.9 Å². The highest BCUT2D eigenvalue weighted by atomic mass is 16.2. The predicted octanol–water partition coefficient (Wildman–Crippen LogP) is 2.99. The molecule has 148 valence electrons. The molecular weight excluding hydrogens is 352 g/mol. The lowest BCUT2D eigenvalue weighted by molar-refractivity contribution is 0.164. The van der Waals surface area contributed by atoms with Crippen LogP contribution >= 0.6 is 0 Å². The van der Waals surface area contributed by atoms with Gasteiger partial charge in [0.2, 0.25) is 0 Å². The van der Waals surface area contributed by atoms with Gasteiger partial charge in [-0.3, -0.25) is 0 Å². The summed E-state index contributed by atoms with van der Waals surface area (Å²) < 4.78 is 2.10. The monoisotopic (exact) mass is 380 g/mol. The molecule has 3 heterocycles. The standard InChI is InChI=1S/C21H28N6O/c1-2-20-22-9-12-26(20)13-10-23-21(28)27-11-5-6-16(15-27)14-19-24-17-7-3-4-8-18(17)25-19/h3-4,7-9,12,16H,2,5-6,10-11,13-15H2,1H3,(H,23,28)(H,24,25). The van der Waals surface area contributed by atoms with E-state index < -0.39 is 0 Å². The first kappa shape index (κ1) is 18.5. The van der Waals surface area contributed by atoms with Gasteiger partial charge in [-0.1, -0.05) is 19.1 Å². The Morgan fingerprint density at radius 3 is 3.11 bits per heavy atom. The molecular formula is C21H28N6O. The summed E-state index contributed by atoms with van der Waals surface area (Å²) in [6.45, 7) is 5.08. The van der Waals surface area contributed by atoms with Crippen molar-refractivity contribution in [2.24, 2.45) is 5.92 Å². The van der Waals surface area contributed by atoms with Gasteiger partial charge >= 0.3 is 6.03 Å². The number of rotatable bonds is 6. The second-order valence-electron chi connectivity index (χ2n) is 7.48. The molecule has 2 N–H and O–H groups in total. The molecule has 0 radical (unpaired) electrons. The minimum atomic E-state index is 0.0347. The minimum absolute atomic E-state index is 0.0347. The van der Waals surface area contributed by atoms with Gasteiger partial charge in [-0.15, -0.1) is 0 Å². The number of amides is 2. The number of hydrogen-bond acceptors (Lipinski definition) is 3. The zero-order valence-corrected chi connectivity index (χ0v) is 16.4. The Labute approximate surface area is 165 Å². The molecule has 0 aliphatic carbocycles. The molecule has 2 amide bonds. The first-order valence-corrected chi connectivity index (χ1v) is 10.2. The van der Waals surface area contributed by atoms with E-state index in [9.17, 15) is 4.79 Å². The average molecular weight is 380 g/mol. The highest BCUT2D eigenvalue weighted by Gasteiger charge is 2.24. The van der Waals surface area contributed by atoms with Crippen molar-refractivity contribution in [3.63, 3.8) is 0 Å². The number of carbonyl (C=O) groups excluding carboxylic acids is 1. The van der Waals surface area contributed by atoms with E-state index in [0.29, 0.717) is 12.5 Å². The topological polar surface area (TPSA) is 78.8 Å². The van der Waals surface area contributed by atoms with Crippen molar-refractivity contribution < 1.29 is 4.79 Å². The van der Waals surface area contributed by atoms with Crippen LogP contribution in [0.4, 0.5) is 4.79 Å². The number of aryl methyl sites for hydroxylation is 1.